The molecule has 2 bridgehead atoms. The Morgan fingerprint density at radius 2 is 1.94 bits per heavy atom. The highest BCUT2D eigenvalue weighted by Gasteiger charge is 2.76. The summed E-state index contributed by atoms with van der Waals surface area (Å²) in [4.78, 5) is 43.1. The summed E-state index contributed by atoms with van der Waals surface area (Å²) in [6.45, 7) is 7.18. The van der Waals surface area contributed by atoms with E-state index in [2.05, 4.69) is 17.6 Å². The fourth-order valence-electron chi connectivity index (χ4n) is 6.46. The topological polar surface area (TPSA) is 98.7 Å². The number of nitrogens with zero attached hydrogens (tertiary/aromatic N) is 1. The number of fused-ring (bicyclic) bond motifs is 1. The molecule has 0 saturated carbocycles. The van der Waals surface area contributed by atoms with Crippen molar-refractivity contribution in [2.75, 3.05) is 25.0 Å². The third-order valence-corrected chi connectivity index (χ3v) is 10.4. The van der Waals surface area contributed by atoms with E-state index in [-0.39, 0.29) is 29.1 Å². The minimum Gasteiger partial charge on any atom is -0.396 e. The number of carbonyl (C=O) groups is 3. The molecule has 3 fully saturated rings. The van der Waals surface area contributed by atoms with Crippen molar-refractivity contribution in [2.45, 2.75) is 81.3 Å². The zero-order chi connectivity index (χ0) is 26.1. The van der Waals surface area contributed by atoms with Crippen molar-refractivity contribution in [1.82, 2.24) is 10.2 Å². The molecule has 3 aliphatic heterocycles. The number of hydrogen-bond donors (Lipinski definition) is 3. The zero-order valence-electron chi connectivity index (χ0n) is 21.4. The van der Waals surface area contributed by atoms with E-state index in [1.54, 1.807) is 22.7 Å². The Labute approximate surface area is 223 Å². The molecule has 3 N–H and O–H groups in total. The lowest BCUT2D eigenvalue weighted by Gasteiger charge is -2.35. The molecule has 198 valence electrons. The maximum absolute atomic E-state index is 14.0. The van der Waals surface area contributed by atoms with Gasteiger partial charge in [0.25, 0.3) is 0 Å². The molecule has 36 heavy (non-hydrogen) atoms. The van der Waals surface area contributed by atoms with Crippen LogP contribution in [0.2, 0.25) is 5.02 Å². The second-order valence-corrected chi connectivity index (χ2v) is 12.9. The monoisotopic (exact) mass is 535 g/mol. The van der Waals surface area contributed by atoms with Crippen LogP contribution in [0.4, 0.5) is 5.69 Å². The van der Waals surface area contributed by atoms with Crippen LogP contribution in [-0.2, 0) is 14.4 Å². The summed E-state index contributed by atoms with van der Waals surface area (Å²) >= 11 is 8.11. The van der Waals surface area contributed by atoms with E-state index < -0.39 is 22.6 Å². The average molecular weight is 536 g/mol. The number of aryl methyl sites for hydroxylation is 1. The fourth-order valence-corrected chi connectivity index (χ4v) is 9.08. The van der Waals surface area contributed by atoms with Gasteiger partial charge in [-0.15, -0.1) is 11.8 Å². The number of benzene rings is 1. The van der Waals surface area contributed by atoms with Crippen LogP contribution in [0.5, 0.6) is 0 Å². The van der Waals surface area contributed by atoms with Gasteiger partial charge in [-0.05, 0) is 57.6 Å². The first-order valence-corrected chi connectivity index (χ1v) is 14.3. The molecule has 9 heteroatoms. The number of para-hydroxylation sites is 1. The van der Waals surface area contributed by atoms with Gasteiger partial charge in [-0.2, -0.15) is 0 Å². The van der Waals surface area contributed by atoms with Gasteiger partial charge in [-0.1, -0.05) is 43.5 Å². The summed E-state index contributed by atoms with van der Waals surface area (Å²) in [5.41, 5.74) is 1.43. The number of aliphatic hydroxyl groups excluding tert-OH is 1. The lowest BCUT2D eigenvalue weighted by Crippen LogP contribution is -2.52. The standard InChI is InChI=1S/C27H38ClN3O4S/c1-4-14-29-23(33)19-20-25(35)31(15-7-5-6-8-16-32)22(27(20)13-12-26(19,3)36-27)24(34)30-21-17(2)10-9-11-18(21)28/h9-11,19-20,22,32H,4-8,12-16H2,1-3H3,(H,29,33)(H,30,34)/t19-,20-,22?,26+,27?/m0/s1. The molecule has 3 saturated heterocycles. The highest BCUT2D eigenvalue weighted by Crippen LogP contribution is 2.71. The third kappa shape index (κ3) is 4.65. The van der Waals surface area contributed by atoms with E-state index in [0.29, 0.717) is 23.8 Å². The van der Waals surface area contributed by atoms with Gasteiger partial charge < -0.3 is 20.6 Å². The molecule has 7 nitrogen and oxygen atoms in total. The molecule has 3 amide bonds. The Kier molecular flexibility index (Phi) is 8.27. The lowest BCUT2D eigenvalue weighted by molar-refractivity contribution is -0.140. The Hall–Kier alpha value is -1.77. The summed E-state index contributed by atoms with van der Waals surface area (Å²) in [5.74, 6) is -1.35. The third-order valence-electron chi connectivity index (χ3n) is 8.13. The van der Waals surface area contributed by atoms with Crippen molar-refractivity contribution in [3.05, 3.63) is 28.8 Å². The number of nitrogens with one attached hydrogen (secondary N) is 2. The zero-order valence-corrected chi connectivity index (χ0v) is 23.0. The van der Waals surface area contributed by atoms with Crippen LogP contribution in [0.3, 0.4) is 0 Å². The molecule has 2 unspecified atom stereocenters. The minimum absolute atomic E-state index is 0.0716. The highest BCUT2D eigenvalue weighted by molar-refractivity contribution is 8.02. The second-order valence-electron chi connectivity index (χ2n) is 10.6. The summed E-state index contributed by atoms with van der Waals surface area (Å²) in [7, 11) is 0. The number of hydrogen-bond acceptors (Lipinski definition) is 5. The molecule has 4 rings (SSSR count). The minimum atomic E-state index is -0.667. The molecule has 1 spiro atoms. The first-order valence-electron chi connectivity index (χ1n) is 13.2. The van der Waals surface area contributed by atoms with Crippen LogP contribution in [0.15, 0.2) is 18.2 Å². The molecule has 0 radical (unpaired) electrons. The van der Waals surface area contributed by atoms with Crippen LogP contribution in [0, 0.1) is 18.8 Å². The molecular weight excluding hydrogens is 498 g/mol. The second kappa shape index (κ2) is 10.9. The largest absolute Gasteiger partial charge is 0.396 e. The Morgan fingerprint density at radius 3 is 2.64 bits per heavy atom. The number of anilines is 1. The van der Waals surface area contributed by atoms with Gasteiger partial charge in [0, 0.05) is 24.4 Å². The molecule has 5 atom stereocenters. The van der Waals surface area contributed by atoms with Gasteiger partial charge >= 0.3 is 0 Å². The first kappa shape index (κ1) is 27.3. The van der Waals surface area contributed by atoms with E-state index in [0.717, 1.165) is 50.5 Å². The van der Waals surface area contributed by atoms with E-state index in [1.165, 1.54) is 0 Å². The summed E-state index contributed by atoms with van der Waals surface area (Å²) in [5, 5.41) is 15.6. The highest BCUT2D eigenvalue weighted by atomic mass is 35.5. The smallest absolute Gasteiger partial charge is 0.248 e. The van der Waals surface area contributed by atoms with Crippen molar-refractivity contribution in [2.24, 2.45) is 11.8 Å². The Bertz CT molecular complexity index is 1000. The van der Waals surface area contributed by atoms with Gasteiger partial charge in [-0.3, -0.25) is 14.4 Å². The number of unbranched alkanes of at least 4 members (excludes halogenated alkanes) is 3. The van der Waals surface area contributed by atoms with Crippen molar-refractivity contribution in [3.63, 3.8) is 0 Å². The maximum atomic E-state index is 14.0. The van der Waals surface area contributed by atoms with Crippen LogP contribution in [-0.4, -0.2) is 63.0 Å². The molecular formula is C27H38ClN3O4S. The van der Waals surface area contributed by atoms with Crippen LogP contribution in [0.25, 0.3) is 0 Å². The van der Waals surface area contributed by atoms with Crippen LogP contribution in [0.1, 0.15) is 64.4 Å². The molecule has 0 aliphatic carbocycles. The predicted molar refractivity (Wildman–Crippen MR) is 144 cm³/mol. The van der Waals surface area contributed by atoms with E-state index in [4.69, 9.17) is 16.7 Å². The van der Waals surface area contributed by atoms with Crippen molar-refractivity contribution in [3.8, 4) is 0 Å². The number of aliphatic hydroxyl groups is 1. The lowest BCUT2D eigenvalue weighted by atomic mass is 9.66. The van der Waals surface area contributed by atoms with Crippen LogP contribution < -0.4 is 10.6 Å². The van der Waals surface area contributed by atoms with Gasteiger partial charge in [0.05, 0.1) is 27.3 Å². The van der Waals surface area contributed by atoms with Gasteiger partial charge in [-0.25, -0.2) is 0 Å². The van der Waals surface area contributed by atoms with E-state index in [9.17, 15) is 14.4 Å². The van der Waals surface area contributed by atoms with E-state index >= 15 is 0 Å². The van der Waals surface area contributed by atoms with Gasteiger partial charge in [0.15, 0.2) is 0 Å². The van der Waals surface area contributed by atoms with Gasteiger partial charge in [0.1, 0.15) is 6.04 Å². The average Bonchev–Trinajstić information content (AvgIpc) is 3.40. The fraction of sp³-hybridized carbons (Fsp3) is 0.667. The Morgan fingerprint density at radius 1 is 1.19 bits per heavy atom. The van der Waals surface area contributed by atoms with Crippen molar-refractivity contribution >= 4 is 46.8 Å². The number of halogens is 1. The number of carbonyl (C=O) groups excluding carboxylic acids is 3. The van der Waals surface area contributed by atoms with Crippen LogP contribution >= 0.6 is 23.4 Å². The summed E-state index contributed by atoms with van der Waals surface area (Å²) in [6.07, 6.45) is 5.56. The van der Waals surface area contributed by atoms with Gasteiger partial charge in [0.2, 0.25) is 17.7 Å². The maximum Gasteiger partial charge on any atom is 0.248 e. The number of amides is 3. The van der Waals surface area contributed by atoms with E-state index in [1.807, 2.05) is 26.0 Å². The number of rotatable bonds is 11. The quantitative estimate of drug-likeness (QED) is 0.370. The number of thioether (sulfide) groups is 1. The Balaban J connectivity index is 1.67. The van der Waals surface area contributed by atoms with Crippen molar-refractivity contribution < 1.29 is 19.5 Å². The first-order chi connectivity index (χ1) is 17.2. The molecule has 3 heterocycles. The van der Waals surface area contributed by atoms with Crippen molar-refractivity contribution in [1.29, 1.82) is 0 Å². The molecule has 3 aliphatic rings. The molecule has 1 aromatic carbocycles. The SMILES string of the molecule is CCCNC(=O)[C@@H]1[C@H]2C(=O)N(CCCCCCO)C(C(=O)Nc3c(C)cccc3Cl)C23CC[C@@]1(C)S3. The molecule has 1 aromatic rings. The summed E-state index contributed by atoms with van der Waals surface area (Å²) in [6, 6.07) is 4.81. The predicted octanol–water partition coefficient (Wildman–Crippen LogP) is 4.15. The normalized spacial score (nSPS) is 30.5. The number of likely N-dealkylation sites (tertiary alicyclic amines) is 1. The molecule has 0 aromatic heterocycles. The summed E-state index contributed by atoms with van der Waals surface area (Å²) < 4.78 is -1.01.